The molecule has 6 heteroatoms. The van der Waals surface area contributed by atoms with E-state index in [1.807, 2.05) is 18.2 Å². The SMILES string of the molecule is COc1cc(C(C)=O)ccc1OCC(=O)NCC(c1ccccc1)N1CCCC1. The van der Waals surface area contributed by atoms with Gasteiger partial charge >= 0.3 is 0 Å². The third-order valence-corrected chi connectivity index (χ3v) is 5.19. The number of ether oxygens (including phenoxy) is 2. The first-order valence-corrected chi connectivity index (χ1v) is 9.96. The summed E-state index contributed by atoms with van der Waals surface area (Å²) in [5.41, 5.74) is 1.74. The number of benzene rings is 2. The minimum absolute atomic E-state index is 0.0542. The van der Waals surface area contributed by atoms with Gasteiger partial charge in [-0.15, -0.1) is 0 Å². The molecular weight excluding hydrogens is 368 g/mol. The van der Waals surface area contributed by atoms with Gasteiger partial charge in [0.2, 0.25) is 0 Å². The summed E-state index contributed by atoms with van der Waals surface area (Å²) in [5.74, 6) is 0.626. The van der Waals surface area contributed by atoms with Gasteiger partial charge in [-0.2, -0.15) is 0 Å². The van der Waals surface area contributed by atoms with Crippen molar-refractivity contribution in [3.05, 3.63) is 59.7 Å². The van der Waals surface area contributed by atoms with Crippen molar-refractivity contribution in [3.63, 3.8) is 0 Å². The molecule has 1 aliphatic rings. The van der Waals surface area contributed by atoms with E-state index in [1.54, 1.807) is 18.2 Å². The second-order valence-corrected chi connectivity index (χ2v) is 7.18. The van der Waals surface area contributed by atoms with Gasteiger partial charge in [-0.25, -0.2) is 0 Å². The molecule has 0 aromatic heterocycles. The highest BCUT2D eigenvalue weighted by Gasteiger charge is 2.23. The van der Waals surface area contributed by atoms with Crippen molar-refractivity contribution in [2.24, 2.45) is 0 Å². The highest BCUT2D eigenvalue weighted by atomic mass is 16.5. The Hall–Kier alpha value is -2.86. The van der Waals surface area contributed by atoms with Gasteiger partial charge in [0.1, 0.15) is 0 Å². The highest BCUT2D eigenvalue weighted by molar-refractivity contribution is 5.94. The van der Waals surface area contributed by atoms with E-state index in [0.717, 1.165) is 13.1 Å². The van der Waals surface area contributed by atoms with Gasteiger partial charge < -0.3 is 14.8 Å². The van der Waals surface area contributed by atoms with Crippen molar-refractivity contribution in [2.45, 2.75) is 25.8 Å². The highest BCUT2D eigenvalue weighted by Crippen LogP contribution is 2.28. The topological polar surface area (TPSA) is 67.9 Å². The lowest BCUT2D eigenvalue weighted by molar-refractivity contribution is -0.123. The maximum absolute atomic E-state index is 12.4. The van der Waals surface area contributed by atoms with E-state index >= 15 is 0 Å². The summed E-state index contributed by atoms with van der Waals surface area (Å²) in [6.45, 7) is 4.01. The largest absolute Gasteiger partial charge is 0.493 e. The summed E-state index contributed by atoms with van der Waals surface area (Å²) >= 11 is 0. The molecule has 1 saturated heterocycles. The maximum Gasteiger partial charge on any atom is 0.258 e. The van der Waals surface area contributed by atoms with Crippen LogP contribution in [0.3, 0.4) is 0 Å². The number of likely N-dealkylation sites (tertiary alicyclic amines) is 1. The predicted octanol–water partition coefficient (Wildman–Crippen LogP) is 3.23. The van der Waals surface area contributed by atoms with Crippen LogP contribution in [0.15, 0.2) is 48.5 Å². The first-order chi connectivity index (χ1) is 14.1. The Morgan fingerprint density at radius 2 is 1.79 bits per heavy atom. The van der Waals surface area contributed by atoms with Crippen LogP contribution in [0.5, 0.6) is 11.5 Å². The van der Waals surface area contributed by atoms with Crippen LogP contribution in [0, 0.1) is 0 Å². The first kappa shape index (κ1) is 20.9. The molecule has 0 spiro atoms. The Kier molecular flexibility index (Phi) is 7.25. The molecular formula is C23H28N2O4. The van der Waals surface area contributed by atoms with Crippen molar-refractivity contribution >= 4 is 11.7 Å². The molecule has 0 aliphatic carbocycles. The molecule has 1 unspecified atom stereocenters. The molecule has 1 amide bonds. The molecule has 2 aromatic rings. The van der Waals surface area contributed by atoms with E-state index in [1.165, 1.54) is 32.4 Å². The third-order valence-electron chi connectivity index (χ3n) is 5.19. The third kappa shape index (κ3) is 5.57. The zero-order chi connectivity index (χ0) is 20.6. The van der Waals surface area contributed by atoms with Crippen molar-refractivity contribution < 1.29 is 19.1 Å². The Morgan fingerprint density at radius 1 is 1.07 bits per heavy atom. The summed E-state index contributed by atoms with van der Waals surface area (Å²) in [6.07, 6.45) is 2.38. The zero-order valence-electron chi connectivity index (χ0n) is 17.0. The van der Waals surface area contributed by atoms with Crippen molar-refractivity contribution in [1.82, 2.24) is 10.2 Å². The summed E-state index contributed by atoms with van der Waals surface area (Å²) in [5, 5.41) is 2.99. The van der Waals surface area contributed by atoms with E-state index in [-0.39, 0.29) is 24.3 Å². The molecule has 0 bridgehead atoms. The molecule has 1 aliphatic heterocycles. The van der Waals surface area contributed by atoms with Crippen LogP contribution in [0.1, 0.15) is 41.7 Å². The van der Waals surface area contributed by atoms with Gasteiger partial charge in [0, 0.05) is 12.1 Å². The fourth-order valence-electron chi connectivity index (χ4n) is 3.60. The lowest BCUT2D eigenvalue weighted by Gasteiger charge is -2.28. The number of amides is 1. The van der Waals surface area contributed by atoms with Crippen molar-refractivity contribution in [3.8, 4) is 11.5 Å². The Morgan fingerprint density at radius 3 is 2.45 bits per heavy atom. The first-order valence-electron chi connectivity index (χ1n) is 9.96. The monoisotopic (exact) mass is 396 g/mol. The number of nitrogens with one attached hydrogen (secondary N) is 1. The van der Waals surface area contributed by atoms with Crippen LogP contribution in [0.2, 0.25) is 0 Å². The Balaban J connectivity index is 1.58. The molecule has 1 fully saturated rings. The molecule has 0 saturated carbocycles. The summed E-state index contributed by atoms with van der Waals surface area (Å²) in [4.78, 5) is 26.3. The smallest absolute Gasteiger partial charge is 0.258 e. The number of ketones is 1. The standard InChI is InChI=1S/C23H28N2O4/c1-17(26)19-10-11-21(22(14-19)28-2)29-16-23(27)24-15-20(25-12-6-7-13-25)18-8-4-3-5-9-18/h3-5,8-11,14,20H,6-7,12-13,15-16H2,1-2H3,(H,24,27). The average Bonchev–Trinajstić information content (AvgIpc) is 3.27. The number of methoxy groups -OCH3 is 1. The second kappa shape index (κ2) is 10.1. The fourth-order valence-corrected chi connectivity index (χ4v) is 3.60. The van der Waals surface area contributed by atoms with Crippen molar-refractivity contribution in [2.75, 3.05) is 33.4 Å². The van der Waals surface area contributed by atoms with Crippen LogP contribution in [0.25, 0.3) is 0 Å². The van der Waals surface area contributed by atoms with E-state index in [0.29, 0.717) is 23.6 Å². The van der Waals surface area contributed by atoms with Gasteiger partial charge in [-0.3, -0.25) is 14.5 Å². The molecule has 1 N–H and O–H groups in total. The number of nitrogens with zero attached hydrogens (tertiary/aromatic N) is 1. The van der Waals surface area contributed by atoms with Gasteiger partial charge in [0.15, 0.2) is 23.9 Å². The number of carbonyl (C=O) groups excluding carboxylic acids is 2. The molecule has 2 aromatic carbocycles. The molecule has 6 nitrogen and oxygen atoms in total. The average molecular weight is 396 g/mol. The number of hydrogen-bond donors (Lipinski definition) is 1. The van der Waals surface area contributed by atoms with Gasteiger partial charge in [0.05, 0.1) is 13.2 Å². The molecule has 3 rings (SSSR count). The van der Waals surface area contributed by atoms with Crippen LogP contribution in [-0.2, 0) is 4.79 Å². The minimum Gasteiger partial charge on any atom is -0.493 e. The minimum atomic E-state index is -0.192. The molecule has 1 atom stereocenters. The Labute approximate surface area is 171 Å². The van der Waals surface area contributed by atoms with Crippen LogP contribution >= 0.6 is 0 Å². The summed E-state index contributed by atoms with van der Waals surface area (Å²) in [7, 11) is 1.51. The second-order valence-electron chi connectivity index (χ2n) is 7.18. The lowest BCUT2D eigenvalue weighted by atomic mass is 10.1. The molecule has 154 valence electrons. The Bertz CT molecular complexity index is 832. The van der Waals surface area contributed by atoms with Gasteiger partial charge in [0.25, 0.3) is 5.91 Å². The van der Waals surface area contributed by atoms with E-state index < -0.39 is 0 Å². The quantitative estimate of drug-likeness (QED) is 0.659. The summed E-state index contributed by atoms with van der Waals surface area (Å²) < 4.78 is 10.9. The van der Waals surface area contributed by atoms with E-state index in [9.17, 15) is 9.59 Å². The van der Waals surface area contributed by atoms with Crippen LogP contribution in [-0.4, -0.2) is 49.9 Å². The number of rotatable bonds is 9. The van der Waals surface area contributed by atoms with E-state index in [2.05, 4.69) is 22.3 Å². The van der Waals surface area contributed by atoms with Gasteiger partial charge in [-0.1, -0.05) is 30.3 Å². The van der Waals surface area contributed by atoms with Crippen molar-refractivity contribution in [1.29, 1.82) is 0 Å². The van der Waals surface area contributed by atoms with E-state index in [4.69, 9.17) is 9.47 Å². The van der Waals surface area contributed by atoms with Crippen LogP contribution in [0.4, 0.5) is 0 Å². The maximum atomic E-state index is 12.4. The zero-order valence-corrected chi connectivity index (χ0v) is 17.0. The molecule has 1 heterocycles. The molecule has 0 radical (unpaired) electrons. The van der Waals surface area contributed by atoms with Crippen LogP contribution < -0.4 is 14.8 Å². The fraction of sp³-hybridized carbons (Fsp3) is 0.391. The number of Topliss-reactive ketones (excluding diaryl/α,β-unsaturated/α-hetero) is 1. The summed E-state index contributed by atoms with van der Waals surface area (Å²) in [6, 6.07) is 15.4. The lowest BCUT2D eigenvalue weighted by Crippen LogP contribution is -2.38. The molecule has 29 heavy (non-hydrogen) atoms. The number of carbonyl (C=O) groups is 2. The normalized spacial score (nSPS) is 15.0. The van der Waals surface area contributed by atoms with Gasteiger partial charge in [-0.05, 0) is 56.6 Å². The number of hydrogen-bond acceptors (Lipinski definition) is 5. The predicted molar refractivity (Wildman–Crippen MR) is 111 cm³/mol.